The largest absolute Gasteiger partial charge is 0.266 e. The molecular weight excluding hydrogens is 208 g/mol. The Bertz CT molecular complexity index is 313. The van der Waals surface area contributed by atoms with E-state index in [9.17, 15) is 0 Å². The number of rotatable bonds is 3. The molecule has 0 spiro atoms. The van der Waals surface area contributed by atoms with Crippen LogP contribution in [0.2, 0.25) is 0 Å². The minimum Gasteiger partial charge on any atom is -0.266 e. The summed E-state index contributed by atoms with van der Waals surface area (Å²) in [5, 5.41) is 4.51. The second kappa shape index (κ2) is 5.02. The van der Waals surface area contributed by atoms with Crippen molar-refractivity contribution in [3.63, 3.8) is 0 Å². The molecule has 1 saturated carbocycles. The van der Waals surface area contributed by atoms with Gasteiger partial charge in [-0.3, -0.25) is 4.68 Å². The van der Waals surface area contributed by atoms with Crippen molar-refractivity contribution in [2.24, 2.45) is 0 Å². The number of hydrogen-bond acceptors (Lipinski definition) is 1. The zero-order valence-corrected chi connectivity index (χ0v) is 10.1. The SMILES string of the molecule is CCc1c(CCl)cnn1C1CCCCC1. The van der Waals surface area contributed by atoms with Gasteiger partial charge >= 0.3 is 0 Å². The predicted molar refractivity (Wildman–Crippen MR) is 63.3 cm³/mol. The van der Waals surface area contributed by atoms with E-state index in [1.165, 1.54) is 43.4 Å². The van der Waals surface area contributed by atoms with Crippen LogP contribution in [-0.2, 0) is 12.3 Å². The maximum atomic E-state index is 5.91. The van der Waals surface area contributed by atoms with E-state index >= 15 is 0 Å². The standard InChI is InChI=1S/C12H19ClN2/c1-2-12-10(8-13)9-14-15(12)11-6-4-3-5-7-11/h9,11H,2-8H2,1H3. The summed E-state index contributed by atoms with van der Waals surface area (Å²) in [4.78, 5) is 0. The van der Waals surface area contributed by atoms with E-state index in [0.29, 0.717) is 11.9 Å². The average molecular weight is 227 g/mol. The van der Waals surface area contributed by atoms with Crippen molar-refractivity contribution < 1.29 is 0 Å². The van der Waals surface area contributed by atoms with Gasteiger partial charge in [0.1, 0.15) is 0 Å². The molecule has 1 aromatic rings. The summed E-state index contributed by atoms with van der Waals surface area (Å²) in [7, 11) is 0. The molecule has 0 aliphatic heterocycles. The van der Waals surface area contributed by atoms with Crippen molar-refractivity contribution in [2.75, 3.05) is 0 Å². The number of alkyl halides is 1. The van der Waals surface area contributed by atoms with Crippen molar-refractivity contribution in [2.45, 2.75) is 57.4 Å². The highest BCUT2D eigenvalue weighted by Gasteiger charge is 2.19. The molecule has 3 heteroatoms. The van der Waals surface area contributed by atoms with Crippen molar-refractivity contribution in [3.05, 3.63) is 17.5 Å². The lowest BCUT2D eigenvalue weighted by Gasteiger charge is -2.24. The molecule has 1 heterocycles. The van der Waals surface area contributed by atoms with Crippen molar-refractivity contribution in [1.82, 2.24) is 9.78 Å². The fourth-order valence-electron chi connectivity index (χ4n) is 2.56. The molecule has 0 saturated heterocycles. The van der Waals surface area contributed by atoms with Crippen LogP contribution in [-0.4, -0.2) is 9.78 Å². The van der Waals surface area contributed by atoms with E-state index in [1.54, 1.807) is 0 Å². The van der Waals surface area contributed by atoms with Gasteiger partial charge in [-0.05, 0) is 19.3 Å². The quantitative estimate of drug-likeness (QED) is 0.719. The molecule has 0 bridgehead atoms. The Labute approximate surface area is 96.6 Å². The predicted octanol–water partition coefficient (Wildman–Crippen LogP) is 3.69. The van der Waals surface area contributed by atoms with Gasteiger partial charge in [0, 0.05) is 11.3 Å². The van der Waals surface area contributed by atoms with Crippen LogP contribution in [0.1, 0.15) is 56.3 Å². The molecule has 84 valence electrons. The average Bonchev–Trinajstić information content (AvgIpc) is 2.72. The number of halogens is 1. The van der Waals surface area contributed by atoms with Gasteiger partial charge in [0.15, 0.2) is 0 Å². The van der Waals surface area contributed by atoms with Gasteiger partial charge < -0.3 is 0 Å². The van der Waals surface area contributed by atoms with Gasteiger partial charge in [0.25, 0.3) is 0 Å². The van der Waals surface area contributed by atoms with Crippen molar-refractivity contribution >= 4 is 11.6 Å². The molecule has 1 aromatic heterocycles. The van der Waals surface area contributed by atoms with Crippen LogP contribution in [0, 0.1) is 0 Å². The zero-order chi connectivity index (χ0) is 10.7. The summed E-state index contributed by atoms with van der Waals surface area (Å²) >= 11 is 5.91. The maximum absolute atomic E-state index is 5.91. The van der Waals surface area contributed by atoms with Crippen LogP contribution >= 0.6 is 11.6 Å². The molecule has 2 rings (SSSR count). The van der Waals surface area contributed by atoms with Gasteiger partial charge in [-0.1, -0.05) is 26.2 Å². The third-order valence-electron chi connectivity index (χ3n) is 3.38. The minimum absolute atomic E-state index is 0.593. The highest BCUT2D eigenvalue weighted by Crippen LogP contribution is 2.29. The summed E-state index contributed by atoms with van der Waals surface area (Å²) in [6.45, 7) is 2.19. The maximum Gasteiger partial charge on any atom is 0.0536 e. The molecule has 0 radical (unpaired) electrons. The molecule has 0 atom stereocenters. The lowest BCUT2D eigenvalue weighted by atomic mass is 9.95. The Balaban J connectivity index is 2.22. The van der Waals surface area contributed by atoms with E-state index in [1.807, 2.05) is 6.20 Å². The molecule has 0 aromatic carbocycles. The first-order valence-electron chi connectivity index (χ1n) is 5.98. The monoisotopic (exact) mass is 226 g/mol. The number of hydrogen-bond donors (Lipinski definition) is 0. The fraction of sp³-hybridized carbons (Fsp3) is 0.750. The first-order chi connectivity index (χ1) is 7.36. The fourth-order valence-corrected chi connectivity index (χ4v) is 2.79. The van der Waals surface area contributed by atoms with Gasteiger partial charge in [-0.25, -0.2) is 0 Å². The Kier molecular flexibility index (Phi) is 3.68. The van der Waals surface area contributed by atoms with Crippen LogP contribution in [0.25, 0.3) is 0 Å². The van der Waals surface area contributed by atoms with E-state index in [0.717, 1.165) is 6.42 Å². The van der Waals surface area contributed by atoms with Crippen LogP contribution in [0.3, 0.4) is 0 Å². The number of nitrogens with zero attached hydrogens (tertiary/aromatic N) is 2. The molecule has 2 nitrogen and oxygen atoms in total. The third-order valence-corrected chi connectivity index (χ3v) is 3.67. The van der Waals surface area contributed by atoms with Crippen molar-refractivity contribution in [3.8, 4) is 0 Å². The van der Waals surface area contributed by atoms with Gasteiger partial charge in [0.2, 0.25) is 0 Å². The zero-order valence-electron chi connectivity index (χ0n) is 9.38. The van der Waals surface area contributed by atoms with E-state index < -0.39 is 0 Å². The molecular formula is C12H19ClN2. The third kappa shape index (κ3) is 2.20. The Morgan fingerprint density at radius 1 is 1.40 bits per heavy atom. The summed E-state index contributed by atoms with van der Waals surface area (Å²) in [6.07, 6.45) is 9.65. The number of aromatic nitrogens is 2. The molecule has 0 amide bonds. The van der Waals surface area contributed by atoms with Crippen LogP contribution in [0.15, 0.2) is 6.20 Å². The Morgan fingerprint density at radius 3 is 2.73 bits per heavy atom. The molecule has 0 N–H and O–H groups in total. The van der Waals surface area contributed by atoms with Crippen LogP contribution in [0.4, 0.5) is 0 Å². The second-order valence-electron chi connectivity index (χ2n) is 4.34. The lowest BCUT2D eigenvalue weighted by molar-refractivity contribution is 0.322. The highest BCUT2D eigenvalue weighted by atomic mass is 35.5. The van der Waals surface area contributed by atoms with Gasteiger partial charge in [0.05, 0.1) is 18.1 Å². The van der Waals surface area contributed by atoms with E-state index in [2.05, 4.69) is 16.7 Å². The normalized spacial score (nSPS) is 18.3. The van der Waals surface area contributed by atoms with Crippen molar-refractivity contribution in [1.29, 1.82) is 0 Å². The smallest absolute Gasteiger partial charge is 0.0536 e. The Morgan fingerprint density at radius 2 is 2.13 bits per heavy atom. The van der Waals surface area contributed by atoms with Gasteiger partial charge in [-0.2, -0.15) is 5.10 Å². The lowest BCUT2D eigenvalue weighted by Crippen LogP contribution is -2.16. The first kappa shape index (κ1) is 11.0. The molecule has 1 aliphatic rings. The molecule has 0 unspecified atom stereocenters. The van der Waals surface area contributed by atoms with Gasteiger partial charge in [-0.15, -0.1) is 11.6 Å². The molecule has 1 aliphatic carbocycles. The summed E-state index contributed by atoms with van der Waals surface area (Å²) < 4.78 is 2.23. The van der Waals surface area contributed by atoms with Crippen LogP contribution < -0.4 is 0 Å². The van der Waals surface area contributed by atoms with Crippen LogP contribution in [0.5, 0.6) is 0 Å². The summed E-state index contributed by atoms with van der Waals surface area (Å²) in [5.74, 6) is 0.593. The molecule has 15 heavy (non-hydrogen) atoms. The minimum atomic E-state index is 0.593. The highest BCUT2D eigenvalue weighted by molar-refractivity contribution is 6.17. The van der Waals surface area contributed by atoms with E-state index in [-0.39, 0.29) is 0 Å². The topological polar surface area (TPSA) is 17.8 Å². The van der Waals surface area contributed by atoms with E-state index in [4.69, 9.17) is 11.6 Å². The first-order valence-corrected chi connectivity index (χ1v) is 6.51. The molecule has 1 fully saturated rings. The Hall–Kier alpha value is -0.500. The summed E-state index contributed by atoms with van der Waals surface area (Å²) in [5.41, 5.74) is 2.56. The summed E-state index contributed by atoms with van der Waals surface area (Å²) in [6, 6.07) is 0.630. The second-order valence-corrected chi connectivity index (χ2v) is 4.61.